The Kier molecular flexibility index (Phi) is 7.19. The van der Waals surface area contributed by atoms with Gasteiger partial charge in [0.25, 0.3) is 0 Å². The molecule has 1 atom stereocenters. The van der Waals surface area contributed by atoms with Crippen molar-refractivity contribution in [2.75, 3.05) is 26.2 Å². The predicted octanol–water partition coefficient (Wildman–Crippen LogP) is 4.85. The number of carbonyl (C=O) groups excluding carboxylic acids is 1. The third kappa shape index (κ3) is 5.50. The predicted molar refractivity (Wildman–Crippen MR) is 121 cm³/mol. The molecule has 2 aliphatic rings. The molecule has 1 saturated carbocycles. The van der Waals surface area contributed by atoms with E-state index in [9.17, 15) is 4.79 Å². The highest BCUT2D eigenvalue weighted by Gasteiger charge is 2.29. The molecule has 0 radical (unpaired) electrons. The van der Waals surface area contributed by atoms with Gasteiger partial charge < -0.3 is 4.74 Å². The first-order chi connectivity index (χ1) is 14.7. The number of benzene rings is 2. The first-order valence-corrected chi connectivity index (χ1v) is 11.5. The number of piperazine rings is 1. The summed E-state index contributed by atoms with van der Waals surface area (Å²) in [6, 6.07) is 20.1. The molecule has 160 valence electrons. The third-order valence-electron chi connectivity index (χ3n) is 6.68. The van der Waals surface area contributed by atoms with Crippen LogP contribution in [0.3, 0.4) is 0 Å². The fourth-order valence-electron chi connectivity index (χ4n) is 5.08. The molecule has 2 fully saturated rings. The van der Waals surface area contributed by atoms with E-state index in [1.807, 2.05) is 12.1 Å². The zero-order valence-corrected chi connectivity index (χ0v) is 18.1. The van der Waals surface area contributed by atoms with E-state index in [-0.39, 0.29) is 5.97 Å². The topological polar surface area (TPSA) is 32.8 Å². The lowest BCUT2D eigenvalue weighted by Gasteiger charge is -2.43. The monoisotopic (exact) mass is 406 g/mol. The van der Waals surface area contributed by atoms with E-state index < -0.39 is 0 Å². The van der Waals surface area contributed by atoms with E-state index in [4.69, 9.17) is 4.74 Å². The second kappa shape index (κ2) is 10.2. The van der Waals surface area contributed by atoms with Crippen LogP contribution in [0.25, 0.3) is 0 Å². The van der Waals surface area contributed by atoms with Gasteiger partial charge in [0.15, 0.2) is 0 Å². The van der Waals surface area contributed by atoms with E-state index in [0.29, 0.717) is 11.8 Å². The second-order valence-corrected chi connectivity index (χ2v) is 8.73. The fraction of sp³-hybridized carbons (Fsp3) is 0.500. The summed E-state index contributed by atoms with van der Waals surface area (Å²) < 4.78 is 5.19. The Hall–Kier alpha value is -2.17. The Labute approximate surface area is 180 Å². The van der Waals surface area contributed by atoms with Crippen LogP contribution in [0, 0.1) is 0 Å². The number of hydrogen-bond donors (Lipinski definition) is 0. The van der Waals surface area contributed by atoms with Crippen molar-refractivity contribution in [3.05, 3.63) is 65.7 Å². The highest BCUT2D eigenvalue weighted by Crippen LogP contribution is 2.29. The Balaban J connectivity index is 1.44. The average molecular weight is 407 g/mol. The van der Waals surface area contributed by atoms with Crippen LogP contribution in [0.15, 0.2) is 54.6 Å². The minimum Gasteiger partial charge on any atom is -0.427 e. The van der Waals surface area contributed by atoms with Gasteiger partial charge in [0.2, 0.25) is 0 Å². The highest BCUT2D eigenvalue weighted by molar-refractivity contribution is 5.69. The molecule has 0 amide bonds. The Morgan fingerprint density at radius 3 is 2.23 bits per heavy atom. The van der Waals surface area contributed by atoms with Crippen molar-refractivity contribution in [2.45, 2.75) is 57.5 Å². The zero-order chi connectivity index (χ0) is 20.8. The molecule has 0 N–H and O–H groups in total. The van der Waals surface area contributed by atoms with Crippen molar-refractivity contribution >= 4 is 5.97 Å². The Morgan fingerprint density at radius 2 is 1.60 bits per heavy atom. The molecule has 1 saturated heterocycles. The molecule has 2 aromatic rings. The highest BCUT2D eigenvalue weighted by atomic mass is 16.5. The summed E-state index contributed by atoms with van der Waals surface area (Å²) in [6.45, 7) is 6.05. The summed E-state index contributed by atoms with van der Waals surface area (Å²) >= 11 is 0. The summed E-state index contributed by atoms with van der Waals surface area (Å²) in [7, 11) is 0. The number of esters is 1. The Bertz CT molecular complexity index is 792. The van der Waals surface area contributed by atoms with E-state index in [0.717, 1.165) is 25.6 Å². The molecule has 4 heteroatoms. The van der Waals surface area contributed by atoms with Crippen LogP contribution in [-0.4, -0.2) is 48.0 Å². The molecule has 4 nitrogen and oxygen atoms in total. The largest absolute Gasteiger partial charge is 0.427 e. The van der Waals surface area contributed by atoms with Crippen LogP contribution in [0.1, 0.15) is 56.2 Å². The number of ether oxygens (including phenoxy) is 1. The molecule has 30 heavy (non-hydrogen) atoms. The summed E-state index contributed by atoms with van der Waals surface area (Å²) in [6.07, 6.45) is 7.96. The summed E-state index contributed by atoms with van der Waals surface area (Å²) in [5, 5.41) is 0. The lowest BCUT2D eigenvalue weighted by Crippen LogP contribution is -2.51. The van der Waals surface area contributed by atoms with Gasteiger partial charge in [-0.1, -0.05) is 61.7 Å². The van der Waals surface area contributed by atoms with Gasteiger partial charge in [-0.2, -0.15) is 0 Å². The smallest absolute Gasteiger partial charge is 0.308 e. The normalized spacial score (nSPS) is 20.0. The summed E-state index contributed by atoms with van der Waals surface area (Å²) in [5.74, 6) is 0.337. The van der Waals surface area contributed by atoms with E-state index in [1.165, 1.54) is 63.2 Å². The van der Waals surface area contributed by atoms with Crippen LogP contribution in [0.5, 0.6) is 5.75 Å². The molecule has 1 aliphatic heterocycles. The molecule has 1 unspecified atom stereocenters. The number of nitrogens with zero attached hydrogens (tertiary/aromatic N) is 2. The molecule has 1 heterocycles. The van der Waals surface area contributed by atoms with E-state index in [2.05, 4.69) is 52.3 Å². The lowest BCUT2D eigenvalue weighted by atomic mass is 9.93. The maximum Gasteiger partial charge on any atom is 0.308 e. The van der Waals surface area contributed by atoms with Crippen LogP contribution in [-0.2, 0) is 11.2 Å². The molecule has 2 aromatic carbocycles. The molecule has 1 aliphatic carbocycles. The van der Waals surface area contributed by atoms with Gasteiger partial charge in [-0.05, 0) is 42.5 Å². The van der Waals surface area contributed by atoms with Crippen molar-refractivity contribution in [3.8, 4) is 5.75 Å². The molecule has 0 spiro atoms. The van der Waals surface area contributed by atoms with Crippen molar-refractivity contribution in [1.82, 2.24) is 9.80 Å². The summed E-state index contributed by atoms with van der Waals surface area (Å²) in [5.41, 5.74) is 2.65. The van der Waals surface area contributed by atoms with Crippen LogP contribution in [0.4, 0.5) is 0 Å². The minimum atomic E-state index is -0.277. The number of hydrogen-bond acceptors (Lipinski definition) is 4. The second-order valence-electron chi connectivity index (χ2n) is 8.73. The van der Waals surface area contributed by atoms with Gasteiger partial charge in [0.1, 0.15) is 5.75 Å². The van der Waals surface area contributed by atoms with Gasteiger partial charge in [-0.25, -0.2) is 0 Å². The first kappa shape index (κ1) is 21.1. The van der Waals surface area contributed by atoms with E-state index >= 15 is 0 Å². The van der Waals surface area contributed by atoms with Crippen molar-refractivity contribution in [2.24, 2.45) is 0 Å². The van der Waals surface area contributed by atoms with Gasteiger partial charge in [0.05, 0.1) is 0 Å². The minimum absolute atomic E-state index is 0.277. The fourth-order valence-corrected chi connectivity index (χ4v) is 5.08. The van der Waals surface area contributed by atoms with Crippen molar-refractivity contribution in [1.29, 1.82) is 0 Å². The average Bonchev–Trinajstić information content (AvgIpc) is 2.79. The standard InChI is InChI=1S/C26H34N2O2/c1-21(29)30-25-14-12-22(13-15-25)20-26(23-8-4-2-5-9-23)28-18-16-27(17-19-28)24-10-6-3-7-11-24/h2,4-5,8-9,12-15,24,26H,3,6-7,10-11,16-20H2,1H3. The van der Waals surface area contributed by atoms with Gasteiger partial charge >= 0.3 is 5.97 Å². The zero-order valence-electron chi connectivity index (χ0n) is 18.1. The molecule has 0 bridgehead atoms. The van der Waals surface area contributed by atoms with Crippen molar-refractivity contribution < 1.29 is 9.53 Å². The maximum absolute atomic E-state index is 11.2. The lowest BCUT2D eigenvalue weighted by molar-refractivity contribution is -0.131. The molecule has 4 rings (SSSR count). The third-order valence-corrected chi connectivity index (χ3v) is 6.68. The molecular formula is C26H34N2O2. The van der Waals surface area contributed by atoms with Crippen LogP contribution in [0.2, 0.25) is 0 Å². The van der Waals surface area contributed by atoms with Gasteiger partial charge in [-0.3, -0.25) is 14.6 Å². The maximum atomic E-state index is 11.2. The van der Waals surface area contributed by atoms with Crippen LogP contribution < -0.4 is 4.74 Å². The number of carbonyl (C=O) groups is 1. The summed E-state index contributed by atoms with van der Waals surface area (Å²) in [4.78, 5) is 16.6. The van der Waals surface area contributed by atoms with Crippen molar-refractivity contribution in [3.63, 3.8) is 0 Å². The molecule has 0 aromatic heterocycles. The Morgan fingerprint density at radius 1 is 0.933 bits per heavy atom. The quantitative estimate of drug-likeness (QED) is 0.507. The van der Waals surface area contributed by atoms with Gasteiger partial charge in [0, 0.05) is 45.2 Å². The molecular weight excluding hydrogens is 372 g/mol. The SMILES string of the molecule is CC(=O)Oc1ccc(CC(c2ccccc2)N2CCN(C3CCCCC3)CC2)cc1. The van der Waals surface area contributed by atoms with Crippen LogP contribution >= 0.6 is 0 Å². The van der Waals surface area contributed by atoms with Gasteiger partial charge in [-0.15, -0.1) is 0 Å². The van der Waals surface area contributed by atoms with E-state index in [1.54, 1.807) is 0 Å². The first-order valence-electron chi connectivity index (χ1n) is 11.5. The number of rotatable bonds is 6.